The highest BCUT2D eigenvalue weighted by molar-refractivity contribution is 9.10. The van der Waals surface area contributed by atoms with Crippen LogP contribution in [0.4, 0.5) is 0 Å². The van der Waals surface area contributed by atoms with Crippen molar-refractivity contribution in [3.05, 3.63) is 34.3 Å². The zero-order valence-electron chi connectivity index (χ0n) is 14.3. The number of hydrogen-bond donors (Lipinski definition) is 2. The van der Waals surface area contributed by atoms with Crippen molar-refractivity contribution in [3.63, 3.8) is 0 Å². The Labute approximate surface area is 155 Å². The first-order valence-corrected chi connectivity index (χ1v) is 9.31. The second-order valence-electron chi connectivity index (χ2n) is 7.11. The molecular formula is C18H22BrN3O3. The number of benzene rings is 1. The molecule has 2 saturated heterocycles. The number of rotatable bonds is 4. The predicted octanol–water partition coefficient (Wildman–Crippen LogP) is 1.69. The third-order valence-corrected chi connectivity index (χ3v) is 5.18. The molecule has 0 aromatic heterocycles. The van der Waals surface area contributed by atoms with Crippen LogP contribution in [0, 0.1) is 5.92 Å². The van der Waals surface area contributed by atoms with E-state index in [1.165, 1.54) is 0 Å². The van der Waals surface area contributed by atoms with Gasteiger partial charge in [0.05, 0.1) is 0 Å². The van der Waals surface area contributed by atoms with Crippen LogP contribution < -0.4 is 10.6 Å². The summed E-state index contributed by atoms with van der Waals surface area (Å²) in [6.07, 6.45) is 1.08. The van der Waals surface area contributed by atoms with Crippen molar-refractivity contribution >= 4 is 33.7 Å². The lowest BCUT2D eigenvalue weighted by Gasteiger charge is -2.35. The molecular weight excluding hydrogens is 386 g/mol. The van der Waals surface area contributed by atoms with Crippen LogP contribution in [0.5, 0.6) is 0 Å². The number of nitrogens with zero attached hydrogens (tertiary/aromatic N) is 1. The van der Waals surface area contributed by atoms with Crippen molar-refractivity contribution in [2.75, 3.05) is 6.54 Å². The van der Waals surface area contributed by atoms with Crippen molar-refractivity contribution < 1.29 is 14.4 Å². The molecule has 2 fully saturated rings. The summed E-state index contributed by atoms with van der Waals surface area (Å²) >= 11 is 3.34. The summed E-state index contributed by atoms with van der Waals surface area (Å²) in [5, 5.41) is 5.77. The maximum Gasteiger partial charge on any atom is 0.251 e. The molecule has 1 aromatic rings. The van der Waals surface area contributed by atoms with Gasteiger partial charge < -0.3 is 15.5 Å². The molecule has 2 heterocycles. The van der Waals surface area contributed by atoms with E-state index in [1.54, 1.807) is 29.2 Å². The Bertz CT molecular complexity index is 689. The molecule has 2 aliphatic rings. The van der Waals surface area contributed by atoms with E-state index in [0.717, 1.165) is 4.47 Å². The molecule has 3 atom stereocenters. The molecule has 0 aliphatic carbocycles. The van der Waals surface area contributed by atoms with Crippen LogP contribution in [0.2, 0.25) is 0 Å². The largest absolute Gasteiger partial charge is 0.347 e. The van der Waals surface area contributed by atoms with Gasteiger partial charge in [-0.05, 0) is 43.0 Å². The van der Waals surface area contributed by atoms with E-state index in [-0.39, 0.29) is 23.8 Å². The summed E-state index contributed by atoms with van der Waals surface area (Å²) in [6, 6.07) is 5.93. The zero-order chi connectivity index (χ0) is 18.1. The van der Waals surface area contributed by atoms with E-state index >= 15 is 0 Å². The summed E-state index contributed by atoms with van der Waals surface area (Å²) in [5.74, 6) is -0.0328. The third kappa shape index (κ3) is 3.86. The van der Waals surface area contributed by atoms with E-state index in [9.17, 15) is 14.4 Å². The fourth-order valence-corrected chi connectivity index (χ4v) is 3.73. The monoisotopic (exact) mass is 407 g/mol. The average molecular weight is 408 g/mol. The first-order chi connectivity index (χ1) is 11.8. The van der Waals surface area contributed by atoms with Gasteiger partial charge in [-0.15, -0.1) is 0 Å². The van der Waals surface area contributed by atoms with Crippen molar-refractivity contribution in [2.24, 2.45) is 5.92 Å². The molecule has 2 aliphatic heterocycles. The summed E-state index contributed by atoms with van der Waals surface area (Å²) in [5.41, 5.74) is 0.557. The lowest BCUT2D eigenvalue weighted by atomic mass is 9.99. The van der Waals surface area contributed by atoms with Gasteiger partial charge >= 0.3 is 0 Å². The summed E-state index contributed by atoms with van der Waals surface area (Å²) in [7, 11) is 0. The van der Waals surface area contributed by atoms with Crippen molar-refractivity contribution in [3.8, 4) is 0 Å². The predicted molar refractivity (Wildman–Crippen MR) is 96.9 cm³/mol. The summed E-state index contributed by atoms with van der Waals surface area (Å²) in [4.78, 5) is 38.9. The van der Waals surface area contributed by atoms with Crippen LogP contribution in [0.1, 0.15) is 37.0 Å². The topological polar surface area (TPSA) is 78.5 Å². The Kier molecular flexibility index (Phi) is 5.13. The normalized spacial score (nSPS) is 25.8. The van der Waals surface area contributed by atoms with E-state index in [0.29, 0.717) is 30.9 Å². The number of hydrogen-bond acceptors (Lipinski definition) is 3. The molecule has 7 heteroatoms. The van der Waals surface area contributed by atoms with E-state index in [1.807, 2.05) is 13.8 Å². The van der Waals surface area contributed by atoms with E-state index < -0.39 is 12.1 Å². The standard InChI is InChI=1S/C18H22BrN3O3/c1-10(2)7-14-18(25)22-9-13(8-15(22)17(24)21-14)20-16(23)11-3-5-12(19)6-4-11/h3-6,10,13-15H,7-9H2,1-2H3,(H,20,23)(H,21,24)/t13-,14-,15-/m0/s1. The Morgan fingerprint density at radius 2 is 2.00 bits per heavy atom. The smallest absolute Gasteiger partial charge is 0.251 e. The lowest BCUT2D eigenvalue weighted by molar-refractivity contribution is -0.147. The first kappa shape index (κ1) is 17.9. The number of piperazine rings is 1. The minimum Gasteiger partial charge on any atom is -0.347 e. The second-order valence-corrected chi connectivity index (χ2v) is 8.03. The molecule has 0 spiro atoms. The molecule has 2 N–H and O–H groups in total. The van der Waals surface area contributed by atoms with Gasteiger partial charge in [0.15, 0.2) is 0 Å². The number of carbonyl (C=O) groups is 3. The van der Waals surface area contributed by atoms with Crippen molar-refractivity contribution in [2.45, 2.75) is 44.8 Å². The van der Waals surface area contributed by atoms with Gasteiger partial charge in [0, 0.05) is 22.6 Å². The number of fused-ring (bicyclic) bond motifs is 1. The zero-order valence-corrected chi connectivity index (χ0v) is 15.9. The van der Waals surface area contributed by atoms with E-state index in [4.69, 9.17) is 0 Å². The molecule has 3 amide bonds. The Balaban J connectivity index is 1.65. The van der Waals surface area contributed by atoms with Gasteiger partial charge in [0.2, 0.25) is 11.8 Å². The molecule has 3 rings (SSSR count). The molecule has 0 radical (unpaired) electrons. The van der Waals surface area contributed by atoms with E-state index in [2.05, 4.69) is 26.6 Å². The Hall–Kier alpha value is -1.89. The van der Waals surface area contributed by atoms with Gasteiger partial charge in [0.1, 0.15) is 12.1 Å². The number of halogens is 1. The minimum absolute atomic E-state index is 0.0429. The molecule has 0 saturated carbocycles. The Morgan fingerprint density at radius 3 is 2.64 bits per heavy atom. The SMILES string of the molecule is CC(C)C[C@@H]1NC(=O)[C@@H]2C[C@H](NC(=O)c3ccc(Br)cc3)CN2C1=O. The van der Waals surface area contributed by atoms with Crippen LogP contribution >= 0.6 is 15.9 Å². The number of carbonyl (C=O) groups excluding carboxylic acids is 3. The maximum absolute atomic E-state index is 12.6. The van der Waals surface area contributed by atoms with Gasteiger partial charge in [0.25, 0.3) is 5.91 Å². The average Bonchev–Trinajstić information content (AvgIpc) is 2.97. The maximum atomic E-state index is 12.6. The van der Waals surface area contributed by atoms with Crippen molar-refractivity contribution in [1.29, 1.82) is 0 Å². The summed E-state index contributed by atoms with van der Waals surface area (Å²) < 4.78 is 0.903. The highest BCUT2D eigenvalue weighted by atomic mass is 79.9. The fourth-order valence-electron chi connectivity index (χ4n) is 3.46. The third-order valence-electron chi connectivity index (χ3n) is 4.65. The molecule has 0 bridgehead atoms. The molecule has 134 valence electrons. The van der Waals surface area contributed by atoms with Crippen LogP contribution in [0.3, 0.4) is 0 Å². The number of amides is 3. The van der Waals surface area contributed by atoms with Crippen LogP contribution in [0.15, 0.2) is 28.7 Å². The van der Waals surface area contributed by atoms with Crippen molar-refractivity contribution in [1.82, 2.24) is 15.5 Å². The quantitative estimate of drug-likeness (QED) is 0.796. The summed E-state index contributed by atoms with van der Waals surface area (Å²) in [6.45, 7) is 4.43. The van der Waals surface area contributed by atoms with Gasteiger partial charge in [-0.3, -0.25) is 14.4 Å². The van der Waals surface area contributed by atoms with Crippen LogP contribution in [-0.2, 0) is 9.59 Å². The van der Waals surface area contributed by atoms with Crippen LogP contribution in [0.25, 0.3) is 0 Å². The fraction of sp³-hybridized carbons (Fsp3) is 0.500. The molecule has 25 heavy (non-hydrogen) atoms. The second kappa shape index (κ2) is 7.15. The highest BCUT2D eigenvalue weighted by Crippen LogP contribution is 2.25. The molecule has 6 nitrogen and oxygen atoms in total. The number of nitrogens with one attached hydrogen (secondary N) is 2. The van der Waals surface area contributed by atoms with Gasteiger partial charge in [-0.25, -0.2) is 0 Å². The van der Waals surface area contributed by atoms with Gasteiger partial charge in [-0.1, -0.05) is 29.8 Å². The van der Waals surface area contributed by atoms with Gasteiger partial charge in [-0.2, -0.15) is 0 Å². The molecule has 1 aromatic carbocycles. The Morgan fingerprint density at radius 1 is 1.32 bits per heavy atom. The lowest BCUT2D eigenvalue weighted by Crippen LogP contribution is -2.61. The highest BCUT2D eigenvalue weighted by Gasteiger charge is 2.46. The minimum atomic E-state index is -0.480. The molecule has 0 unspecified atom stereocenters. The first-order valence-electron chi connectivity index (χ1n) is 8.52. The van der Waals surface area contributed by atoms with Crippen LogP contribution in [-0.4, -0.2) is 47.3 Å².